The van der Waals surface area contributed by atoms with Crippen molar-refractivity contribution in [1.29, 1.82) is 0 Å². The molecular formula is C34H40O9. The molecule has 1 N–H and O–H groups in total. The van der Waals surface area contributed by atoms with Gasteiger partial charge in [-0.15, -0.1) is 0 Å². The van der Waals surface area contributed by atoms with Crippen molar-refractivity contribution in [2.45, 2.75) is 77.5 Å². The van der Waals surface area contributed by atoms with Crippen LogP contribution in [0.25, 0.3) is 0 Å². The molecule has 9 heteroatoms. The second-order valence-corrected chi connectivity index (χ2v) is 13.9. The Morgan fingerprint density at radius 3 is 2.53 bits per heavy atom. The third kappa shape index (κ3) is 3.77. The predicted molar refractivity (Wildman–Crippen MR) is 152 cm³/mol. The van der Waals surface area contributed by atoms with E-state index in [0.29, 0.717) is 24.2 Å². The topological polar surface area (TPSA) is 118 Å². The van der Waals surface area contributed by atoms with Gasteiger partial charge in [-0.2, -0.15) is 0 Å². The van der Waals surface area contributed by atoms with Crippen LogP contribution in [-0.4, -0.2) is 73.9 Å². The summed E-state index contributed by atoms with van der Waals surface area (Å²) < 4.78 is 30.4. The third-order valence-electron chi connectivity index (χ3n) is 12.1. The number of fused-ring (bicyclic) bond motifs is 4. The lowest BCUT2D eigenvalue weighted by Gasteiger charge is -2.65. The molecule has 230 valence electrons. The highest BCUT2D eigenvalue weighted by Crippen LogP contribution is 2.73. The Kier molecular flexibility index (Phi) is 6.51. The molecule has 0 bridgehead atoms. The summed E-state index contributed by atoms with van der Waals surface area (Å²) in [4.78, 5) is 39.4. The molecule has 0 spiro atoms. The number of esters is 3. The average Bonchev–Trinajstić information content (AvgIpc) is 3.73. The summed E-state index contributed by atoms with van der Waals surface area (Å²) in [6, 6.07) is 8.84. The summed E-state index contributed by atoms with van der Waals surface area (Å²) in [6.07, 6.45) is 0.254. The number of carbonyl (C=O) groups is 3. The minimum atomic E-state index is -0.784. The van der Waals surface area contributed by atoms with Gasteiger partial charge in [0.15, 0.2) is 0 Å². The monoisotopic (exact) mass is 592 g/mol. The number of allylic oxidation sites excluding steroid dienone is 1. The SMILES string of the molecule is COC(=O)C[C@H]1[C@]2(C)C3=C(C)[C@H](C4=CCOC4=O)C[C@H]3O[C@@H]2[C@@H]2OC[C@]3(C)[C@H](O)C[C@H](OC(=O)c4ccccc4)[C@@]1(C)[C@@H]23. The number of cyclic esters (lactones) is 1. The largest absolute Gasteiger partial charge is 0.469 e. The summed E-state index contributed by atoms with van der Waals surface area (Å²) in [5, 5.41) is 11.6. The van der Waals surface area contributed by atoms with Crippen molar-refractivity contribution in [3.63, 3.8) is 0 Å². The second-order valence-electron chi connectivity index (χ2n) is 13.9. The molecule has 11 atom stereocenters. The van der Waals surface area contributed by atoms with E-state index in [-0.39, 0.29) is 61.3 Å². The first-order valence-corrected chi connectivity index (χ1v) is 15.3. The van der Waals surface area contributed by atoms with Gasteiger partial charge in [0.1, 0.15) is 12.7 Å². The lowest BCUT2D eigenvalue weighted by atomic mass is 9.40. The maximum atomic E-state index is 13.5. The smallest absolute Gasteiger partial charge is 0.338 e. The molecule has 9 nitrogen and oxygen atoms in total. The molecule has 3 heterocycles. The van der Waals surface area contributed by atoms with Crippen LogP contribution in [0.1, 0.15) is 57.3 Å². The van der Waals surface area contributed by atoms with Crippen LogP contribution in [0.5, 0.6) is 0 Å². The van der Waals surface area contributed by atoms with Gasteiger partial charge in [0.25, 0.3) is 0 Å². The quantitative estimate of drug-likeness (QED) is 0.310. The summed E-state index contributed by atoms with van der Waals surface area (Å²) in [5.74, 6) is -1.88. The summed E-state index contributed by atoms with van der Waals surface area (Å²) in [6.45, 7) is 8.97. The number of hydrogen-bond acceptors (Lipinski definition) is 9. The van der Waals surface area contributed by atoms with E-state index >= 15 is 0 Å². The number of aliphatic hydroxyl groups excluding tert-OH is 1. The number of rotatable bonds is 5. The molecule has 3 aliphatic carbocycles. The van der Waals surface area contributed by atoms with Gasteiger partial charge < -0.3 is 28.8 Å². The van der Waals surface area contributed by atoms with Gasteiger partial charge in [-0.05, 0) is 43.0 Å². The van der Waals surface area contributed by atoms with E-state index in [1.165, 1.54) is 7.11 Å². The van der Waals surface area contributed by atoms with Gasteiger partial charge in [0.05, 0.1) is 43.7 Å². The molecule has 0 unspecified atom stereocenters. The Hall–Kier alpha value is -3.01. The van der Waals surface area contributed by atoms with E-state index in [9.17, 15) is 19.5 Å². The summed E-state index contributed by atoms with van der Waals surface area (Å²) >= 11 is 0. The van der Waals surface area contributed by atoms with Crippen LogP contribution in [-0.2, 0) is 33.3 Å². The molecule has 0 aromatic heterocycles. The Morgan fingerprint density at radius 1 is 1.12 bits per heavy atom. The van der Waals surface area contributed by atoms with Crippen LogP contribution >= 0.6 is 0 Å². The number of methoxy groups -OCH3 is 1. The number of ether oxygens (including phenoxy) is 5. The Morgan fingerprint density at radius 2 is 1.86 bits per heavy atom. The van der Waals surface area contributed by atoms with E-state index < -0.39 is 40.5 Å². The fourth-order valence-corrected chi connectivity index (χ4v) is 10.2. The van der Waals surface area contributed by atoms with Crippen molar-refractivity contribution in [3.8, 4) is 0 Å². The van der Waals surface area contributed by atoms with Crippen LogP contribution < -0.4 is 0 Å². The van der Waals surface area contributed by atoms with E-state index in [2.05, 4.69) is 20.8 Å². The van der Waals surface area contributed by atoms with E-state index in [0.717, 1.165) is 11.1 Å². The van der Waals surface area contributed by atoms with Crippen LogP contribution in [0.4, 0.5) is 0 Å². The highest BCUT2D eigenvalue weighted by Gasteiger charge is 2.78. The highest BCUT2D eigenvalue weighted by molar-refractivity contribution is 5.92. The lowest BCUT2D eigenvalue weighted by molar-refractivity contribution is -0.242. The number of hydrogen-bond donors (Lipinski definition) is 1. The molecule has 1 aromatic carbocycles. The summed E-state index contributed by atoms with van der Waals surface area (Å²) in [7, 11) is 1.39. The third-order valence-corrected chi connectivity index (χ3v) is 12.1. The second kappa shape index (κ2) is 9.74. The van der Waals surface area contributed by atoms with Crippen molar-refractivity contribution in [2.75, 3.05) is 20.3 Å². The molecule has 3 aliphatic heterocycles. The molecular weight excluding hydrogens is 552 g/mol. The molecule has 7 rings (SSSR count). The molecule has 6 aliphatic rings. The Labute approximate surface area is 251 Å². The van der Waals surface area contributed by atoms with Crippen LogP contribution in [0, 0.1) is 34.0 Å². The van der Waals surface area contributed by atoms with Gasteiger partial charge in [-0.3, -0.25) is 4.79 Å². The Bertz CT molecular complexity index is 1430. The highest BCUT2D eigenvalue weighted by atomic mass is 16.6. The summed E-state index contributed by atoms with van der Waals surface area (Å²) in [5.41, 5.74) is 1.13. The van der Waals surface area contributed by atoms with E-state index in [1.807, 2.05) is 19.1 Å². The maximum Gasteiger partial charge on any atom is 0.338 e. The number of aliphatic hydroxyl groups is 1. The fourth-order valence-electron chi connectivity index (χ4n) is 10.2. The van der Waals surface area contributed by atoms with Crippen molar-refractivity contribution in [2.24, 2.45) is 34.0 Å². The van der Waals surface area contributed by atoms with Gasteiger partial charge in [0, 0.05) is 46.5 Å². The molecule has 2 saturated carbocycles. The van der Waals surface area contributed by atoms with Crippen LogP contribution in [0.15, 0.2) is 53.1 Å². The van der Waals surface area contributed by atoms with Crippen molar-refractivity contribution >= 4 is 17.9 Å². The lowest BCUT2D eigenvalue weighted by Crippen LogP contribution is -2.70. The number of carbonyl (C=O) groups excluding carboxylic acids is 3. The maximum absolute atomic E-state index is 13.5. The first kappa shape index (κ1) is 28.7. The van der Waals surface area contributed by atoms with E-state index in [1.54, 1.807) is 24.3 Å². The zero-order valence-electron chi connectivity index (χ0n) is 25.3. The zero-order valence-corrected chi connectivity index (χ0v) is 25.3. The van der Waals surface area contributed by atoms with Gasteiger partial charge in [0.2, 0.25) is 0 Å². The van der Waals surface area contributed by atoms with Crippen molar-refractivity contribution < 1.29 is 43.2 Å². The molecule has 0 radical (unpaired) electrons. The standard InChI is InChI=1S/C34H40O9/c1-17-20(19-11-12-40-31(19)38)13-21-26(17)34(4)22(14-25(36)39-5)33(3)24(43-30(37)18-9-7-6-8-10-18)15-23(35)32(2)16-41-27(28(32)33)29(34)42-21/h6-11,20-24,27-29,35H,12-16H2,1-5H3/t20-,21-,22-,23-,24+,27-,28+,29-,32-,33+,34-/m1/s1. The van der Waals surface area contributed by atoms with Crippen molar-refractivity contribution in [3.05, 3.63) is 58.7 Å². The molecule has 2 saturated heterocycles. The Balaban J connectivity index is 1.38. The number of benzene rings is 1. The molecule has 43 heavy (non-hydrogen) atoms. The molecule has 0 amide bonds. The van der Waals surface area contributed by atoms with E-state index in [4.69, 9.17) is 23.7 Å². The van der Waals surface area contributed by atoms with Gasteiger partial charge in [-0.1, -0.05) is 44.5 Å². The average molecular weight is 593 g/mol. The molecule has 1 aromatic rings. The molecule has 4 fully saturated rings. The van der Waals surface area contributed by atoms with Crippen LogP contribution in [0.3, 0.4) is 0 Å². The normalized spacial score (nSPS) is 44.3. The first-order valence-electron chi connectivity index (χ1n) is 15.3. The van der Waals surface area contributed by atoms with Crippen LogP contribution in [0.2, 0.25) is 0 Å². The predicted octanol–water partition coefficient (Wildman–Crippen LogP) is 3.79. The van der Waals surface area contributed by atoms with Gasteiger partial charge >= 0.3 is 17.9 Å². The minimum Gasteiger partial charge on any atom is -0.469 e. The minimum absolute atomic E-state index is 0.0804. The fraction of sp³-hybridized carbons (Fsp3) is 0.618. The van der Waals surface area contributed by atoms with Gasteiger partial charge in [-0.25, -0.2) is 9.59 Å². The zero-order chi connectivity index (χ0) is 30.5. The van der Waals surface area contributed by atoms with Crippen molar-refractivity contribution in [1.82, 2.24) is 0 Å². The first-order chi connectivity index (χ1) is 20.5.